The van der Waals surface area contributed by atoms with Crippen molar-refractivity contribution in [2.24, 2.45) is 0 Å². The Balaban J connectivity index is 2.30. The van der Waals surface area contributed by atoms with Crippen LogP contribution >= 0.6 is 0 Å². The van der Waals surface area contributed by atoms with E-state index in [0.29, 0.717) is 12.2 Å². The average Bonchev–Trinajstić information content (AvgIpc) is 2.25. The summed E-state index contributed by atoms with van der Waals surface area (Å²) in [4.78, 5) is 24.8. The number of carbonyl (C=O) groups is 1. The second-order valence-electron chi connectivity index (χ2n) is 5.30. The maximum Gasteiger partial charge on any atom is 0.414 e. The number of hydrogen-bond donors (Lipinski definition) is 1. The zero-order chi connectivity index (χ0) is 13.3. The Morgan fingerprint density at radius 1 is 1.50 bits per heavy atom. The normalized spacial score (nSPS) is 15.2. The Morgan fingerprint density at radius 3 is 2.89 bits per heavy atom. The summed E-state index contributed by atoms with van der Waals surface area (Å²) >= 11 is 0. The first kappa shape index (κ1) is 12.6. The second-order valence-corrected chi connectivity index (χ2v) is 5.30. The third-order valence-electron chi connectivity index (χ3n) is 2.56. The van der Waals surface area contributed by atoms with Gasteiger partial charge in [-0.3, -0.25) is 9.69 Å². The van der Waals surface area contributed by atoms with E-state index in [2.05, 4.69) is 10.2 Å². The number of rotatable bonds is 0. The number of aromatic amines is 1. The smallest absolute Gasteiger partial charge is 0.414 e. The molecule has 0 saturated heterocycles. The molecule has 1 aliphatic heterocycles. The van der Waals surface area contributed by atoms with Gasteiger partial charge in [0.2, 0.25) is 0 Å². The van der Waals surface area contributed by atoms with Crippen LogP contribution in [0.25, 0.3) is 0 Å². The molecule has 0 fully saturated rings. The molecular weight excluding hydrogens is 234 g/mol. The fourth-order valence-electron chi connectivity index (χ4n) is 1.87. The molecule has 1 amide bonds. The Morgan fingerprint density at radius 2 is 2.22 bits per heavy atom. The zero-order valence-electron chi connectivity index (χ0n) is 10.8. The molecule has 1 N–H and O–H groups in total. The molecule has 0 aromatic carbocycles. The molecule has 0 aliphatic carbocycles. The summed E-state index contributed by atoms with van der Waals surface area (Å²) < 4.78 is 5.32. The van der Waals surface area contributed by atoms with Gasteiger partial charge in [0.15, 0.2) is 0 Å². The van der Waals surface area contributed by atoms with Gasteiger partial charge in [-0.1, -0.05) is 0 Å². The van der Waals surface area contributed by atoms with E-state index in [1.807, 2.05) is 20.8 Å². The first-order valence-corrected chi connectivity index (χ1v) is 5.96. The Kier molecular flexibility index (Phi) is 3.11. The van der Waals surface area contributed by atoms with Gasteiger partial charge in [0.05, 0.1) is 11.4 Å². The minimum absolute atomic E-state index is 0.316. The number of aromatic nitrogens is 2. The van der Waals surface area contributed by atoms with E-state index in [0.717, 1.165) is 18.5 Å². The number of ether oxygens (including phenoxy) is 1. The molecule has 0 radical (unpaired) electrons. The maximum atomic E-state index is 12.1. The first-order chi connectivity index (χ1) is 8.37. The molecule has 6 heteroatoms. The minimum Gasteiger partial charge on any atom is -0.443 e. The summed E-state index contributed by atoms with van der Waals surface area (Å²) in [6.07, 6.45) is 1.13. The van der Waals surface area contributed by atoms with Gasteiger partial charge in [-0.2, -0.15) is 5.10 Å². The van der Waals surface area contributed by atoms with Crippen molar-refractivity contribution >= 4 is 11.8 Å². The molecule has 1 aromatic heterocycles. The fourth-order valence-corrected chi connectivity index (χ4v) is 1.87. The molecule has 0 spiro atoms. The molecule has 0 unspecified atom stereocenters. The molecule has 18 heavy (non-hydrogen) atoms. The molecule has 2 rings (SSSR count). The van der Waals surface area contributed by atoms with E-state index in [9.17, 15) is 9.59 Å². The van der Waals surface area contributed by atoms with E-state index < -0.39 is 11.7 Å². The van der Waals surface area contributed by atoms with Crippen molar-refractivity contribution in [1.82, 2.24) is 10.2 Å². The summed E-state index contributed by atoms with van der Waals surface area (Å²) in [5, 5.41) is 6.34. The predicted molar refractivity (Wildman–Crippen MR) is 66.8 cm³/mol. The maximum absolute atomic E-state index is 12.1. The third kappa shape index (κ3) is 2.69. The minimum atomic E-state index is -0.552. The highest BCUT2D eigenvalue weighted by atomic mass is 16.6. The number of aryl methyl sites for hydroxylation is 1. The summed E-state index contributed by atoms with van der Waals surface area (Å²) in [6.45, 7) is 5.98. The number of nitrogens with one attached hydrogen (secondary N) is 1. The average molecular weight is 251 g/mol. The number of anilines is 1. The molecule has 2 heterocycles. The van der Waals surface area contributed by atoms with E-state index in [4.69, 9.17) is 4.74 Å². The van der Waals surface area contributed by atoms with Crippen LogP contribution in [0.5, 0.6) is 0 Å². The monoisotopic (exact) mass is 251 g/mol. The molecule has 6 nitrogen and oxygen atoms in total. The summed E-state index contributed by atoms with van der Waals surface area (Å²) in [5.41, 5.74) is 0.415. The van der Waals surface area contributed by atoms with E-state index in [-0.39, 0.29) is 5.56 Å². The highest BCUT2D eigenvalue weighted by Gasteiger charge is 2.28. The highest BCUT2D eigenvalue weighted by Crippen LogP contribution is 2.25. The van der Waals surface area contributed by atoms with E-state index in [1.54, 1.807) is 0 Å². The fraction of sp³-hybridized carbons (Fsp3) is 0.583. The van der Waals surface area contributed by atoms with Crippen LogP contribution in [-0.2, 0) is 11.2 Å². The van der Waals surface area contributed by atoms with Crippen LogP contribution in [0.2, 0.25) is 0 Å². The second kappa shape index (κ2) is 4.44. The highest BCUT2D eigenvalue weighted by molar-refractivity contribution is 5.88. The van der Waals surface area contributed by atoms with Crippen LogP contribution in [0.3, 0.4) is 0 Å². The summed E-state index contributed by atoms with van der Waals surface area (Å²) in [6, 6.07) is 1.39. The lowest BCUT2D eigenvalue weighted by molar-refractivity contribution is 0.0577. The van der Waals surface area contributed by atoms with Crippen molar-refractivity contribution in [3.63, 3.8) is 0 Å². The van der Waals surface area contributed by atoms with Crippen molar-refractivity contribution in [1.29, 1.82) is 0 Å². The van der Waals surface area contributed by atoms with Gasteiger partial charge in [0.25, 0.3) is 5.56 Å². The van der Waals surface area contributed by atoms with Crippen LogP contribution in [0.15, 0.2) is 10.9 Å². The number of carbonyl (C=O) groups excluding carboxylic acids is 1. The zero-order valence-corrected chi connectivity index (χ0v) is 10.8. The Bertz CT molecular complexity index is 516. The first-order valence-electron chi connectivity index (χ1n) is 5.96. The molecule has 0 atom stereocenters. The van der Waals surface area contributed by atoms with Gasteiger partial charge < -0.3 is 4.74 Å². The molecular formula is C12H17N3O3. The molecule has 1 aliphatic rings. The third-order valence-corrected chi connectivity index (χ3v) is 2.56. The molecule has 0 bridgehead atoms. The number of hydrogen-bond acceptors (Lipinski definition) is 4. The lowest BCUT2D eigenvalue weighted by Crippen LogP contribution is -2.40. The van der Waals surface area contributed by atoms with Crippen LogP contribution in [0, 0.1) is 0 Å². The number of fused-ring (bicyclic) bond motifs is 1. The van der Waals surface area contributed by atoms with Crippen molar-refractivity contribution in [2.75, 3.05) is 11.4 Å². The quantitative estimate of drug-likeness (QED) is 0.757. The van der Waals surface area contributed by atoms with Crippen molar-refractivity contribution in [3.05, 3.63) is 22.1 Å². The SMILES string of the molecule is CC(C)(C)OC(=O)N1CCCc2n[nH]c(=O)cc21. The number of H-pyrrole nitrogens is 1. The molecule has 98 valence electrons. The van der Waals surface area contributed by atoms with Crippen molar-refractivity contribution in [3.8, 4) is 0 Å². The molecule has 1 aromatic rings. The van der Waals surface area contributed by atoms with Gasteiger partial charge in [-0.15, -0.1) is 0 Å². The largest absolute Gasteiger partial charge is 0.443 e. The standard InChI is InChI=1S/C12H17N3O3/c1-12(2,3)18-11(17)15-6-4-5-8-9(15)7-10(16)14-13-8/h7H,4-6H2,1-3H3,(H,14,16). The van der Waals surface area contributed by atoms with Gasteiger partial charge in [-0.05, 0) is 33.6 Å². The summed E-state index contributed by atoms with van der Waals surface area (Å²) in [5.74, 6) is 0. The number of amides is 1. The lowest BCUT2D eigenvalue weighted by Gasteiger charge is -2.30. The van der Waals surface area contributed by atoms with E-state index in [1.165, 1.54) is 11.0 Å². The van der Waals surface area contributed by atoms with Gasteiger partial charge in [-0.25, -0.2) is 9.89 Å². The van der Waals surface area contributed by atoms with Gasteiger partial charge in [0.1, 0.15) is 5.60 Å². The van der Waals surface area contributed by atoms with Crippen LogP contribution < -0.4 is 10.5 Å². The summed E-state index contributed by atoms with van der Waals surface area (Å²) in [7, 11) is 0. The van der Waals surface area contributed by atoms with Crippen LogP contribution in [-0.4, -0.2) is 28.4 Å². The number of nitrogens with zero attached hydrogens (tertiary/aromatic N) is 2. The van der Waals surface area contributed by atoms with E-state index >= 15 is 0 Å². The predicted octanol–water partition coefficient (Wildman–Crippen LogP) is 1.46. The van der Waals surface area contributed by atoms with Crippen LogP contribution in [0.4, 0.5) is 10.5 Å². The van der Waals surface area contributed by atoms with Crippen molar-refractivity contribution in [2.45, 2.75) is 39.2 Å². The molecule has 0 saturated carbocycles. The Hall–Kier alpha value is -1.85. The topological polar surface area (TPSA) is 75.3 Å². The van der Waals surface area contributed by atoms with Gasteiger partial charge >= 0.3 is 6.09 Å². The Labute approximate surface area is 105 Å². The van der Waals surface area contributed by atoms with Crippen molar-refractivity contribution < 1.29 is 9.53 Å². The lowest BCUT2D eigenvalue weighted by atomic mass is 10.1. The van der Waals surface area contributed by atoms with Gasteiger partial charge in [0, 0.05) is 12.6 Å². The van der Waals surface area contributed by atoms with Crippen LogP contribution in [0.1, 0.15) is 32.9 Å².